The molecule has 2 aliphatic heterocycles. The lowest BCUT2D eigenvalue weighted by Crippen LogP contribution is -2.59. The molecule has 2 N–H and O–H groups in total. The van der Waals surface area contributed by atoms with Crippen LogP contribution in [-0.4, -0.2) is 113 Å². The minimum absolute atomic E-state index is 0.0115. The highest BCUT2D eigenvalue weighted by molar-refractivity contribution is 5.96. The normalized spacial score (nSPS) is 17.9. The average molecular weight is 888 g/mol. The molecule has 2 aromatic carbocycles. The highest BCUT2D eigenvalue weighted by Gasteiger charge is 2.44. The summed E-state index contributed by atoms with van der Waals surface area (Å²) in [6.07, 6.45) is 7.60. The highest BCUT2D eigenvalue weighted by Crippen LogP contribution is 2.42. The maximum absolute atomic E-state index is 14.4. The van der Waals surface area contributed by atoms with Crippen molar-refractivity contribution in [2.45, 2.75) is 97.4 Å². The number of likely N-dealkylation sites (tertiary alicyclic amines) is 1. The number of rotatable bonds is 19. The molecule has 346 valence electrons. The van der Waals surface area contributed by atoms with Gasteiger partial charge in [0.05, 0.1) is 30.0 Å². The minimum Gasteiger partial charge on any atom is -0.467 e. The second kappa shape index (κ2) is 20.5. The number of hydrogen-bond donors (Lipinski definition) is 2. The molecular weight excluding hydrogens is 823 g/mol. The molecule has 0 radical (unpaired) electrons. The fraction of sp³-hybridized carbons (Fsp3) is 0.490. The molecular formula is C51H65N7O7. The van der Waals surface area contributed by atoms with Crippen molar-refractivity contribution in [3.8, 4) is 22.4 Å². The van der Waals surface area contributed by atoms with E-state index in [0.29, 0.717) is 52.0 Å². The maximum Gasteiger partial charge on any atom is 0.293 e. The number of ether oxygens (including phenoxy) is 2. The third-order valence-corrected chi connectivity index (χ3v) is 13.3. The van der Waals surface area contributed by atoms with Gasteiger partial charge in [-0.2, -0.15) is 0 Å². The van der Waals surface area contributed by atoms with E-state index in [2.05, 4.69) is 79.1 Å². The first-order valence-corrected chi connectivity index (χ1v) is 23.1. The van der Waals surface area contributed by atoms with Crippen LogP contribution in [0.4, 0.5) is 0 Å². The fourth-order valence-corrected chi connectivity index (χ4v) is 9.73. The van der Waals surface area contributed by atoms with Gasteiger partial charge in [-0.1, -0.05) is 50.8 Å². The van der Waals surface area contributed by atoms with Crippen molar-refractivity contribution in [1.29, 1.82) is 0 Å². The number of nitrogens with zero attached hydrogens (tertiary/aromatic N) is 5. The second-order valence-corrected chi connectivity index (χ2v) is 18.6. The van der Waals surface area contributed by atoms with Crippen LogP contribution in [0.15, 0.2) is 73.4 Å². The number of methoxy groups -OCH3 is 1. The van der Waals surface area contributed by atoms with E-state index in [9.17, 15) is 24.0 Å². The van der Waals surface area contributed by atoms with Crippen LogP contribution in [0.1, 0.15) is 82.7 Å². The predicted molar refractivity (Wildman–Crippen MR) is 250 cm³/mol. The highest BCUT2D eigenvalue weighted by atomic mass is 16.5. The van der Waals surface area contributed by atoms with Crippen molar-refractivity contribution in [2.75, 3.05) is 46.9 Å². The molecule has 3 fully saturated rings. The molecule has 14 nitrogen and oxygen atoms in total. The van der Waals surface area contributed by atoms with Crippen LogP contribution in [0.25, 0.3) is 33.3 Å². The number of aryl methyl sites for hydroxylation is 1. The zero-order valence-electron chi connectivity index (χ0n) is 38.8. The molecule has 0 spiro atoms. The zero-order valence-corrected chi connectivity index (χ0v) is 38.8. The van der Waals surface area contributed by atoms with E-state index in [4.69, 9.17) is 14.5 Å². The summed E-state index contributed by atoms with van der Waals surface area (Å²) in [7, 11) is 3.36. The van der Waals surface area contributed by atoms with Gasteiger partial charge in [-0.25, -0.2) is 5.43 Å². The number of benzene rings is 2. The summed E-state index contributed by atoms with van der Waals surface area (Å²) in [5.74, 6) is -1.37. The Morgan fingerprint density at radius 2 is 1.83 bits per heavy atom. The summed E-state index contributed by atoms with van der Waals surface area (Å²) in [4.78, 5) is 74.2. The van der Waals surface area contributed by atoms with Crippen molar-refractivity contribution in [3.63, 3.8) is 0 Å². The summed E-state index contributed by atoms with van der Waals surface area (Å²) in [6, 6.07) is 17.0. The van der Waals surface area contributed by atoms with Crippen LogP contribution in [0.2, 0.25) is 0 Å². The standard InChI is InChI=1S/C51H65N7O7/c1-8-44(60)56-25-21-38(30-56)49(62)55(6)46(35-17-18-35)48(61)54-42(50(63)58-24-11-10-23-53-58)27-34-14-12-15-36(26-34)37-19-20-43-40(28-37)41(29-51(4,5)31-65-32-59)47(57(43)9-2)39-16-13-22-52-45(39)33(3)64-7/h8,12-16,19-20,22,26,28,32-33,35,38,42,46,53H,1,9-11,17-18,21,23-25,27,29-31H2,2-7H3,(H,54,61)/t33?,38-,42?,46?/m0/s1. The number of carbonyl (C=O) groups is 5. The monoisotopic (exact) mass is 887 g/mol. The van der Waals surface area contributed by atoms with Gasteiger partial charge < -0.3 is 29.2 Å². The molecule has 4 heterocycles. The summed E-state index contributed by atoms with van der Waals surface area (Å²) >= 11 is 0. The maximum atomic E-state index is 14.4. The van der Waals surface area contributed by atoms with Crippen LogP contribution >= 0.6 is 0 Å². The van der Waals surface area contributed by atoms with Gasteiger partial charge in [-0.3, -0.25) is 34.0 Å². The van der Waals surface area contributed by atoms with Crippen molar-refractivity contribution in [1.82, 2.24) is 35.1 Å². The first-order valence-electron chi connectivity index (χ1n) is 23.1. The van der Waals surface area contributed by atoms with E-state index in [1.54, 1.807) is 35.2 Å². The summed E-state index contributed by atoms with van der Waals surface area (Å²) in [5.41, 5.74) is 10.7. The van der Waals surface area contributed by atoms with Gasteiger partial charge >= 0.3 is 0 Å². The average Bonchev–Trinajstić information content (AvgIpc) is 3.94. The quantitative estimate of drug-likeness (QED) is 0.0820. The van der Waals surface area contributed by atoms with Crippen LogP contribution in [-0.2, 0) is 52.8 Å². The van der Waals surface area contributed by atoms with Crippen molar-refractivity contribution < 1.29 is 33.4 Å². The van der Waals surface area contributed by atoms with E-state index in [1.165, 1.54) is 6.08 Å². The number of pyridine rings is 1. The Morgan fingerprint density at radius 3 is 2.52 bits per heavy atom. The summed E-state index contributed by atoms with van der Waals surface area (Å²) in [5, 5.41) is 5.82. The number of aromatic nitrogens is 2. The summed E-state index contributed by atoms with van der Waals surface area (Å²) in [6.45, 7) is 15.3. The molecule has 4 aromatic rings. The molecule has 65 heavy (non-hydrogen) atoms. The Balaban J connectivity index is 1.22. The minimum atomic E-state index is -0.894. The van der Waals surface area contributed by atoms with E-state index >= 15 is 0 Å². The van der Waals surface area contributed by atoms with Crippen molar-refractivity contribution in [3.05, 3.63) is 90.3 Å². The Labute approximate surface area is 382 Å². The lowest BCUT2D eigenvalue weighted by atomic mass is 9.84. The van der Waals surface area contributed by atoms with Gasteiger partial charge in [-0.15, -0.1) is 0 Å². The van der Waals surface area contributed by atoms with Crippen molar-refractivity contribution in [2.24, 2.45) is 17.3 Å². The van der Waals surface area contributed by atoms with Gasteiger partial charge in [0, 0.05) is 81.4 Å². The molecule has 4 amide bonds. The predicted octanol–water partition coefficient (Wildman–Crippen LogP) is 6.27. The van der Waals surface area contributed by atoms with Gasteiger partial charge in [0.25, 0.3) is 12.4 Å². The second-order valence-electron chi connectivity index (χ2n) is 18.6. The fourth-order valence-electron chi connectivity index (χ4n) is 9.73. The molecule has 2 saturated heterocycles. The Morgan fingerprint density at radius 1 is 1.05 bits per heavy atom. The van der Waals surface area contributed by atoms with E-state index in [0.717, 1.165) is 75.8 Å². The largest absolute Gasteiger partial charge is 0.467 e. The number of hydrogen-bond acceptors (Lipinski definition) is 9. The molecule has 1 saturated carbocycles. The lowest BCUT2D eigenvalue weighted by Gasteiger charge is -2.34. The SMILES string of the molecule is C=CC(=O)N1CC[C@H](C(=O)N(C)C(C(=O)NC(Cc2cccc(-c3ccc4c(c3)c(CC(C)(C)COC=O)c(-c3cccnc3C(C)OC)n4CC)c2)C(=O)N2CCCCN2)C2CC2)C1. The Hall–Kier alpha value is -5.86. The number of nitrogens with one attached hydrogen (secondary N) is 2. The number of fused-ring (bicyclic) bond motifs is 1. The van der Waals surface area contributed by atoms with Crippen LogP contribution in [0, 0.1) is 17.3 Å². The first kappa shape index (κ1) is 47.1. The van der Waals surface area contributed by atoms with E-state index in [1.807, 2.05) is 25.1 Å². The molecule has 4 atom stereocenters. The third kappa shape index (κ3) is 10.5. The topological polar surface area (TPSA) is 155 Å². The molecule has 2 aromatic heterocycles. The molecule has 1 aliphatic carbocycles. The Kier molecular flexibility index (Phi) is 14.9. The molecule has 14 heteroatoms. The van der Waals surface area contributed by atoms with Gasteiger partial charge in [0.15, 0.2) is 0 Å². The smallest absolute Gasteiger partial charge is 0.293 e. The van der Waals surface area contributed by atoms with Crippen molar-refractivity contribution >= 4 is 41.0 Å². The molecule has 0 bridgehead atoms. The van der Waals surface area contributed by atoms with Crippen LogP contribution in [0.3, 0.4) is 0 Å². The Bertz CT molecular complexity index is 2400. The summed E-state index contributed by atoms with van der Waals surface area (Å²) < 4.78 is 13.5. The zero-order chi connectivity index (χ0) is 46.4. The van der Waals surface area contributed by atoms with Gasteiger partial charge in [0.1, 0.15) is 12.1 Å². The third-order valence-electron chi connectivity index (χ3n) is 13.3. The molecule has 7 rings (SSSR count). The van der Waals surface area contributed by atoms with Gasteiger partial charge in [0.2, 0.25) is 17.7 Å². The van der Waals surface area contributed by atoms with Crippen LogP contribution in [0.5, 0.6) is 0 Å². The number of amides is 4. The lowest BCUT2D eigenvalue weighted by molar-refractivity contribution is -0.145. The molecule has 3 unspecified atom stereocenters. The molecule has 3 aliphatic rings. The van der Waals surface area contributed by atoms with Gasteiger partial charge in [-0.05, 0) is 111 Å². The van der Waals surface area contributed by atoms with E-state index in [-0.39, 0.29) is 48.7 Å². The van der Waals surface area contributed by atoms with E-state index < -0.39 is 23.4 Å². The number of hydrazine groups is 1. The first-order chi connectivity index (χ1) is 31.3. The number of carbonyl (C=O) groups excluding carboxylic acids is 5. The van der Waals surface area contributed by atoms with Crippen LogP contribution < -0.4 is 10.7 Å². The number of likely N-dealkylation sites (N-methyl/N-ethyl adjacent to an activating group) is 1.